The van der Waals surface area contributed by atoms with Crippen molar-refractivity contribution >= 4 is 34.9 Å². The van der Waals surface area contributed by atoms with Gasteiger partial charge in [0.15, 0.2) is 0 Å². The molecule has 144 valence electrons. The zero-order chi connectivity index (χ0) is 18.5. The summed E-state index contributed by atoms with van der Waals surface area (Å²) >= 11 is 1.65. The van der Waals surface area contributed by atoms with E-state index < -0.39 is 0 Å². The lowest BCUT2D eigenvalue weighted by atomic mass is 10.3. The molecular weight excluding hydrogens is 366 g/mol. The largest absolute Gasteiger partial charge is 0.378 e. The molecule has 0 bridgehead atoms. The van der Waals surface area contributed by atoms with Crippen LogP contribution in [0.2, 0.25) is 0 Å². The topological polar surface area (TPSA) is 88.0 Å². The minimum absolute atomic E-state index is 0.448. The van der Waals surface area contributed by atoms with Gasteiger partial charge in [-0.25, -0.2) is 5.43 Å². The number of hydrogen-bond acceptors (Lipinski definition) is 10. The van der Waals surface area contributed by atoms with Gasteiger partial charge in [0.2, 0.25) is 17.8 Å². The Kier molecular flexibility index (Phi) is 5.75. The molecule has 0 radical (unpaired) electrons. The van der Waals surface area contributed by atoms with Gasteiger partial charge in [-0.3, -0.25) is 0 Å². The van der Waals surface area contributed by atoms with Gasteiger partial charge in [-0.05, 0) is 18.4 Å². The molecule has 4 heterocycles. The summed E-state index contributed by atoms with van der Waals surface area (Å²) in [6.07, 6.45) is 0. The molecule has 2 aromatic heterocycles. The molecule has 0 atom stereocenters. The number of anilines is 3. The molecule has 0 unspecified atom stereocenters. The van der Waals surface area contributed by atoms with Crippen LogP contribution in [0.4, 0.5) is 17.8 Å². The number of hydrazone groups is 1. The Hall–Kier alpha value is -2.30. The zero-order valence-electron chi connectivity index (χ0n) is 15.3. The fourth-order valence-corrected chi connectivity index (χ4v) is 3.56. The highest BCUT2D eigenvalue weighted by Gasteiger charge is 2.20. The van der Waals surface area contributed by atoms with Crippen molar-refractivity contribution in [1.82, 2.24) is 15.0 Å². The van der Waals surface area contributed by atoms with E-state index >= 15 is 0 Å². The van der Waals surface area contributed by atoms with E-state index in [9.17, 15) is 0 Å². The van der Waals surface area contributed by atoms with Gasteiger partial charge < -0.3 is 19.3 Å². The fourth-order valence-electron chi connectivity index (χ4n) is 2.89. The normalized spacial score (nSPS) is 18.6. The smallest absolute Gasteiger partial charge is 0.250 e. The van der Waals surface area contributed by atoms with Crippen molar-refractivity contribution in [1.29, 1.82) is 0 Å². The molecule has 1 N–H and O–H groups in total. The Balaban J connectivity index is 1.59. The first-order valence-electron chi connectivity index (χ1n) is 9.05. The van der Waals surface area contributed by atoms with E-state index in [1.54, 1.807) is 11.3 Å². The van der Waals surface area contributed by atoms with Crippen molar-refractivity contribution in [2.75, 3.05) is 67.8 Å². The van der Waals surface area contributed by atoms with Crippen LogP contribution in [-0.2, 0) is 9.47 Å². The first kappa shape index (κ1) is 18.1. The van der Waals surface area contributed by atoms with Crippen LogP contribution < -0.4 is 15.2 Å². The van der Waals surface area contributed by atoms with Gasteiger partial charge in [-0.15, -0.1) is 11.3 Å². The van der Waals surface area contributed by atoms with Gasteiger partial charge >= 0.3 is 0 Å². The molecule has 0 aliphatic carbocycles. The summed E-state index contributed by atoms with van der Waals surface area (Å²) in [6, 6.07) is 4.05. The van der Waals surface area contributed by atoms with Crippen LogP contribution in [0.1, 0.15) is 11.8 Å². The number of hydrogen-bond donors (Lipinski definition) is 1. The number of rotatable bonds is 5. The van der Waals surface area contributed by atoms with E-state index in [0.29, 0.717) is 44.3 Å². The summed E-state index contributed by atoms with van der Waals surface area (Å²) < 4.78 is 10.9. The Labute approximate surface area is 162 Å². The molecule has 2 saturated heterocycles. The number of morpholine rings is 2. The molecule has 2 aromatic rings. The molecule has 2 fully saturated rings. The highest BCUT2D eigenvalue weighted by atomic mass is 32.1. The maximum Gasteiger partial charge on any atom is 0.250 e. The molecule has 2 aliphatic rings. The van der Waals surface area contributed by atoms with Crippen molar-refractivity contribution in [3.05, 3.63) is 22.4 Å². The van der Waals surface area contributed by atoms with Crippen molar-refractivity contribution < 1.29 is 9.47 Å². The molecule has 0 spiro atoms. The highest BCUT2D eigenvalue weighted by molar-refractivity contribution is 7.12. The second-order valence-corrected chi connectivity index (χ2v) is 7.19. The molecule has 9 nitrogen and oxygen atoms in total. The van der Waals surface area contributed by atoms with Crippen molar-refractivity contribution in [3.63, 3.8) is 0 Å². The minimum Gasteiger partial charge on any atom is -0.378 e. The van der Waals surface area contributed by atoms with Crippen LogP contribution in [0.3, 0.4) is 0 Å². The summed E-state index contributed by atoms with van der Waals surface area (Å²) in [6.45, 7) is 7.74. The number of aromatic nitrogens is 3. The number of nitrogens with one attached hydrogen (secondary N) is 1. The summed E-state index contributed by atoms with van der Waals surface area (Å²) in [7, 11) is 0. The van der Waals surface area contributed by atoms with E-state index in [1.807, 2.05) is 24.4 Å². The van der Waals surface area contributed by atoms with E-state index in [4.69, 9.17) is 9.47 Å². The van der Waals surface area contributed by atoms with Crippen molar-refractivity contribution in [2.24, 2.45) is 5.10 Å². The average Bonchev–Trinajstić information content (AvgIpc) is 3.28. The first-order valence-corrected chi connectivity index (χ1v) is 9.93. The Morgan fingerprint density at radius 2 is 1.59 bits per heavy atom. The second-order valence-electron chi connectivity index (χ2n) is 6.24. The molecule has 4 rings (SSSR count). The third-order valence-electron chi connectivity index (χ3n) is 4.40. The van der Waals surface area contributed by atoms with Crippen LogP contribution in [0.15, 0.2) is 22.6 Å². The third kappa shape index (κ3) is 4.52. The summed E-state index contributed by atoms with van der Waals surface area (Å²) in [5.74, 6) is 1.76. The van der Waals surface area contributed by atoms with Gasteiger partial charge in [-0.2, -0.15) is 20.1 Å². The van der Waals surface area contributed by atoms with Crippen LogP contribution in [0.5, 0.6) is 0 Å². The standard InChI is InChI=1S/C17H23N7O2S/c1-13(14-3-2-12-27-14)21-22-15-18-16(23-4-8-25-9-5-23)20-17(19-15)24-6-10-26-11-7-24/h2-3,12H,4-11H2,1H3,(H,18,19,20,22). The zero-order valence-corrected chi connectivity index (χ0v) is 16.1. The lowest BCUT2D eigenvalue weighted by Gasteiger charge is -2.30. The maximum absolute atomic E-state index is 5.44. The second kappa shape index (κ2) is 8.59. The Bertz CT molecular complexity index is 735. The number of nitrogens with zero attached hydrogens (tertiary/aromatic N) is 6. The first-order chi connectivity index (χ1) is 13.3. The predicted octanol–water partition coefficient (Wildman–Crippen LogP) is 1.44. The molecule has 2 aliphatic heterocycles. The van der Waals surface area contributed by atoms with Gasteiger partial charge in [-0.1, -0.05) is 6.07 Å². The quantitative estimate of drug-likeness (QED) is 0.607. The van der Waals surface area contributed by atoms with Crippen LogP contribution in [0.25, 0.3) is 0 Å². The summed E-state index contributed by atoms with van der Waals surface area (Å²) in [5, 5.41) is 6.48. The summed E-state index contributed by atoms with van der Waals surface area (Å²) in [4.78, 5) is 19.2. The molecule has 0 amide bonds. The van der Waals surface area contributed by atoms with Crippen LogP contribution >= 0.6 is 11.3 Å². The SMILES string of the molecule is CC(=NNc1nc(N2CCOCC2)nc(N2CCOCC2)n1)c1cccs1. The molecule has 0 aromatic carbocycles. The van der Waals surface area contributed by atoms with Crippen molar-refractivity contribution in [2.45, 2.75) is 6.92 Å². The number of thiophene rings is 1. The third-order valence-corrected chi connectivity index (χ3v) is 5.38. The van der Waals surface area contributed by atoms with Crippen LogP contribution in [-0.4, -0.2) is 73.3 Å². The van der Waals surface area contributed by atoms with Crippen molar-refractivity contribution in [3.8, 4) is 0 Å². The molecule has 10 heteroatoms. The maximum atomic E-state index is 5.44. The lowest BCUT2D eigenvalue weighted by Crippen LogP contribution is -2.40. The van der Waals surface area contributed by atoms with Gasteiger partial charge in [0.05, 0.1) is 32.1 Å². The van der Waals surface area contributed by atoms with Gasteiger partial charge in [0, 0.05) is 31.1 Å². The number of ether oxygens (including phenoxy) is 2. The Morgan fingerprint density at radius 3 is 2.11 bits per heavy atom. The minimum atomic E-state index is 0.448. The van der Waals surface area contributed by atoms with E-state index in [1.165, 1.54) is 0 Å². The van der Waals surface area contributed by atoms with E-state index in [0.717, 1.165) is 36.8 Å². The van der Waals surface area contributed by atoms with E-state index in [2.05, 4.69) is 35.3 Å². The Morgan fingerprint density at radius 1 is 1.00 bits per heavy atom. The highest BCUT2D eigenvalue weighted by Crippen LogP contribution is 2.19. The van der Waals surface area contributed by atoms with Gasteiger partial charge in [0.25, 0.3) is 0 Å². The molecular formula is C17H23N7O2S. The van der Waals surface area contributed by atoms with Gasteiger partial charge in [0.1, 0.15) is 0 Å². The summed E-state index contributed by atoms with van der Waals surface area (Å²) in [5.41, 5.74) is 3.90. The molecule has 0 saturated carbocycles. The lowest BCUT2D eigenvalue weighted by molar-refractivity contribution is 0.121. The van der Waals surface area contributed by atoms with E-state index in [-0.39, 0.29) is 0 Å². The average molecular weight is 389 g/mol. The monoisotopic (exact) mass is 389 g/mol. The van der Waals surface area contributed by atoms with Crippen LogP contribution in [0, 0.1) is 0 Å². The predicted molar refractivity (Wildman–Crippen MR) is 106 cm³/mol. The molecule has 27 heavy (non-hydrogen) atoms. The fraction of sp³-hybridized carbons (Fsp3) is 0.529.